The predicted octanol–water partition coefficient (Wildman–Crippen LogP) is 4.17. The molecule has 3 nitrogen and oxygen atoms in total. The molecule has 1 rings (SSSR count). The molecule has 0 aromatic rings. The molecule has 0 aromatic heterocycles. The summed E-state index contributed by atoms with van der Waals surface area (Å²) in [5.41, 5.74) is 2.00. The minimum absolute atomic E-state index is 0.0805. The van der Waals surface area contributed by atoms with E-state index >= 15 is 0 Å². The van der Waals surface area contributed by atoms with E-state index in [2.05, 4.69) is 33.9 Å². The first-order valence-corrected chi connectivity index (χ1v) is 11.5. The van der Waals surface area contributed by atoms with Crippen molar-refractivity contribution in [2.45, 2.75) is 64.8 Å². The van der Waals surface area contributed by atoms with Crippen LogP contribution in [0.2, 0.25) is 19.1 Å². The van der Waals surface area contributed by atoms with Crippen molar-refractivity contribution < 1.29 is 4.74 Å². The molecule has 0 unspecified atom stereocenters. The van der Waals surface area contributed by atoms with E-state index in [-0.39, 0.29) is 12.1 Å². The second kappa shape index (κ2) is 7.60. The third-order valence-electron chi connectivity index (χ3n) is 3.67. The predicted molar refractivity (Wildman–Crippen MR) is 92.2 cm³/mol. The van der Waals surface area contributed by atoms with Crippen molar-refractivity contribution in [2.75, 3.05) is 12.6 Å². The molecule has 0 spiro atoms. The third-order valence-corrected chi connectivity index (χ3v) is 8.05. The number of hydrogen-bond donors (Lipinski definition) is 0. The van der Waals surface area contributed by atoms with Crippen LogP contribution in [0.4, 0.5) is 0 Å². The fraction of sp³-hybridized carbons (Fsp3) is 0.867. The van der Waals surface area contributed by atoms with E-state index in [4.69, 9.17) is 26.3 Å². The molecule has 0 N–H and O–H groups in total. The van der Waals surface area contributed by atoms with Gasteiger partial charge in [-0.15, -0.1) is 11.6 Å². The smallest absolute Gasteiger partial charge is 0.208 e. The fourth-order valence-electron chi connectivity index (χ4n) is 2.53. The number of ether oxygens (including phenoxy) is 1. The molecule has 2 atom stereocenters. The Balaban J connectivity index is 3.01. The van der Waals surface area contributed by atoms with Crippen molar-refractivity contribution in [2.24, 2.45) is 15.9 Å². The summed E-state index contributed by atoms with van der Waals surface area (Å²) in [6.45, 7) is 11.2. The average Bonchev–Trinajstić information content (AvgIpc) is 2.38. The number of aliphatic imine (C=N–C) groups is 2. The summed E-state index contributed by atoms with van der Waals surface area (Å²) in [4.78, 5) is 9.84. The SMILES string of the molecule is CCCC1=N[C@@H](C[Si](C)(C)CCl)C(OC)=N[C@@H]1C(C)C. The van der Waals surface area contributed by atoms with Crippen molar-refractivity contribution in [3.63, 3.8) is 0 Å². The van der Waals surface area contributed by atoms with E-state index < -0.39 is 8.07 Å². The number of nitrogens with zero attached hydrogens (tertiary/aromatic N) is 2. The molecule has 0 aromatic carbocycles. The first kappa shape index (κ1) is 17.7. The summed E-state index contributed by atoms with van der Waals surface area (Å²) in [6.07, 6.45) is 2.14. The van der Waals surface area contributed by atoms with Crippen molar-refractivity contribution in [1.82, 2.24) is 0 Å². The highest BCUT2D eigenvalue weighted by Gasteiger charge is 2.33. The third kappa shape index (κ3) is 4.59. The van der Waals surface area contributed by atoms with Gasteiger partial charge in [-0.2, -0.15) is 0 Å². The summed E-state index contributed by atoms with van der Waals surface area (Å²) in [7, 11) is 0.280. The summed E-state index contributed by atoms with van der Waals surface area (Å²) in [6, 6.07) is 1.28. The van der Waals surface area contributed by atoms with Crippen LogP contribution in [0.1, 0.15) is 33.6 Å². The van der Waals surface area contributed by atoms with Gasteiger partial charge < -0.3 is 4.74 Å². The Morgan fingerprint density at radius 2 is 1.95 bits per heavy atom. The Bertz CT molecular complexity index is 380. The molecule has 5 heteroatoms. The largest absolute Gasteiger partial charge is 0.483 e. The van der Waals surface area contributed by atoms with Crippen molar-refractivity contribution in [1.29, 1.82) is 0 Å². The van der Waals surface area contributed by atoms with Gasteiger partial charge in [-0.25, -0.2) is 4.99 Å². The maximum Gasteiger partial charge on any atom is 0.208 e. The Morgan fingerprint density at radius 1 is 1.30 bits per heavy atom. The molecular weight excluding hydrogens is 288 g/mol. The van der Waals surface area contributed by atoms with Gasteiger partial charge in [-0.05, 0) is 18.4 Å². The second-order valence-electron chi connectivity index (χ2n) is 6.75. The van der Waals surface area contributed by atoms with Crippen molar-refractivity contribution >= 4 is 31.3 Å². The van der Waals surface area contributed by atoms with Crippen molar-refractivity contribution in [3.8, 4) is 0 Å². The summed E-state index contributed by atoms with van der Waals surface area (Å²) in [5.74, 6) is 1.26. The standard InChI is InChI=1S/C15H29ClN2OSi/c1-7-8-12-14(11(2)3)18-15(19-4)13(17-12)9-20(5,6)10-16/h11,13-14H,7-10H2,1-6H3/t13-,14+/m0/s1. The van der Waals surface area contributed by atoms with Crippen LogP contribution in [0.5, 0.6) is 0 Å². The Labute approximate surface area is 129 Å². The number of methoxy groups -OCH3 is 1. The molecular formula is C15H29ClN2OSi. The van der Waals surface area contributed by atoms with Crippen LogP contribution in [0, 0.1) is 5.92 Å². The lowest BCUT2D eigenvalue weighted by atomic mass is 9.95. The summed E-state index contributed by atoms with van der Waals surface area (Å²) >= 11 is 6.11. The number of alkyl halides is 1. The van der Waals surface area contributed by atoms with Crippen molar-refractivity contribution in [3.05, 3.63) is 0 Å². The quantitative estimate of drug-likeness (QED) is 0.535. The Kier molecular flexibility index (Phi) is 6.72. The van der Waals surface area contributed by atoms with Gasteiger partial charge in [0, 0.05) is 11.2 Å². The first-order valence-electron chi connectivity index (χ1n) is 7.58. The molecule has 0 bridgehead atoms. The number of rotatable bonds is 6. The molecule has 1 aliphatic rings. The van der Waals surface area contributed by atoms with Gasteiger partial charge in [0.25, 0.3) is 0 Å². The first-order chi connectivity index (χ1) is 9.34. The maximum atomic E-state index is 6.11. The zero-order valence-electron chi connectivity index (χ0n) is 13.7. The summed E-state index contributed by atoms with van der Waals surface area (Å²) in [5, 5.41) is 0. The highest BCUT2D eigenvalue weighted by atomic mass is 35.5. The fourth-order valence-corrected chi connectivity index (χ4v) is 4.28. The normalized spacial score (nSPS) is 23.6. The summed E-state index contributed by atoms with van der Waals surface area (Å²) < 4.78 is 5.52. The molecule has 0 fully saturated rings. The lowest BCUT2D eigenvalue weighted by molar-refractivity contribution is 0.373. The van der Waals surface area contributed by atoms with Crippen LogP contribution < -0.4 is 0 Å². The molecule has 0 radical (unpaired) electrons. The Hall–Kier alpha value is -0.353. The molecule has 0 amide bonds. The number of hydrogen-bond acceptors (Lipinski definition) is 3. The van der Waals surface area contributed by atoms with Crippen LogP contribution in [0.25, 0.3) is 0 Å². The van der Waals surface area contributed by atoms with E-state index in [9.17, 15) is 0 Å². The molecule has 1 heterocycles. The minimum atomic E-state index is -1.43. The van der Waals surface area contributed by atoms with Crippen LogP contribution in [0.15, 0.2) is 9.98 Å². The topological polar surface area (TPSA) is 34.0 Å². The lowest BCUT2D eigenvalue weighted by Gasteiger charge is -2.31. The van der Waals surface area contributed by atoms with E-state index in [1.54, 1.807) is 7.11 Å². The van der Waals surface area contributed by atoms with E-state index in [0.29, 0.717) is 5.92 Å². The van der Waals surface area contributed by atoms with Gasteiger partial charge in [-0.3, -0.25) is 4.99 Å². The molecule has 116 valence electrons. The highest BCUT2D eigenvalue weighted by molar-refractivity contribution is 6.83. The van der Waals surface area contributed by atoms with E-state index in [1.807, 2.05) is 0 Å². The van der Waals surface area contributed by atoms with Crippen LogP contribution >= 0.6 is 11.6 Å². The monoisotopic (exact) mass is 316 g/mol. The van der Waals surface area contributed by atoms with Crippen LogP contribution in [0.3, 0.4) is 0 Å². The highest BCUT2D eigenvalue weighted by Crippen LogP contribution is 2.25. The minimum Gasteiger partial charge on any atom is -0.483 e. The second-order valence-corrected chi connectivity index (χ2v) is 12.6. The molecule has 20 heavy (non-hydrogen) atoms. The van der Waals surface area contributed by atoms with Crippen LogP contribution in [-0.2, 0) is 4.74 Å². The zero-order valence-corrected chi connectivity index (χ0v) is 15.5. The van der Waals surface area contributed by atoms with Gasteiger partial charge in [0.1, 0.15) is 6.04 Å². The molecule has 0 saturated carbocycles. The Morgan fingerprint density at radius 3 is 2.40 bits per heavy atom. The molecule has 0 aliphatic carbocycles. The zero-order chi connectivity index (χ0) is 15.3. The van der Waals surface area contributed by atoms with E-state index in [0.717, 1.165) is 30.3 Å². The van der Waals surface area contributed by atoms with Crippen LogP contribution in [-0.4, -0.2) is 44.4 Å². The molecule has 0 saturated heterocycles. The van der Waals surface area contributed by atoms with Gasteiger partial charge in [-0.1, -0.05) is 40.3 Å². The van der Waals surface area contributed by atoms with Gasteiger partial charge in [0.2, 0.25) is 5.90 Å². The lowest BCUT2D eigenvalue weighted by Crippen LogP contribution is -2.41. The van der Waals surface area contributed by atoms with Gasteiger partial charge in [0.05, 0.1) is 21.2 Å². The maximum absolute atomic E-state index is 6.11. The molecule has 1 aliphatic heterocycles. The number of halogens is 1. The van der Waals surface area contributed by atoms with Gasteiger partial charge in [0.15, 0.2) is 0 Å². The van der Waals surface area contributed by atoms with Gasteiger partial charge >= 0.3 is 0 Å². The average molecular weight is 317 g/mol. The van der Waals surface area contributed by atoms with E-state index in [1.165, 1.54) is 5.71 Å².